The van der Waals surface area contributed by atoms with Crippen LogP contribution in [0, 0.1) is 9.49 Å². The van der Waals surface area contributed by atoms with E-state index in [9.17, 15) is 4.79 Å². The lowest BCUT2D eigenvalue weighted by atomic mass is 10.1. The van der Waals surface area contributed by atoms with Gasteiger partial charge >= 0.3 is 0 Å². The predicted octanol–water partition coefficient (Wildman–Crippen LogP) is 2.90. The Balaban J connectivity index is 1.69. The Hall–Kier alpha value is -0.620. The largest absolute Gasteiger partial charge is 0.337 e. The van der Waals surface area contributed by atoms with Gasteiger partial charge in [-0.05, 0) is 85.0 Å². The first-order chi connectivity index (χ1) is 9.72. The average molecular weight is 384 g/mol. The molecule has 1 amide bonds. The summed E-state index contributed by atoms with van der Waals surface area (Å²) in [6.07, 6.45) is 5.00. The minimum absolute atomic E-state index is 0.196. The van der Waals surface area contributed by atoms with Gasteiger partial charge < -0.3 is 10.2 Å². The Labute approximate surface area is 134 Å². The third-order valence-corrected chi connectivity index (χ3v) is 4.88. The van der Waals surface area contributed by atoms with Gasteiger partial charge in [0.05, 0.1) is 0 Å². The topological polar surface area (TPSA) is 32.3 Å². The molecule has 1 saturated carbocycles. The Morgan fingerprint density at radius 2 is 1.95 bits per heavy atom. The van der Waals surface area contributed by atoms with Crippen molar-refractivity contribution in [1.82, 2.24) is 10.2 Å². The summed E-state index contributed by atoms with van der Waals surface area (Å²) in [6, 6.07) is 8.41. The van der Waals surface area contributed by atoms with E-state index in [1.54, 1.807) is 0 Å². The van der Waals surface area contributed by atoms with Crippen LogP contribution in [0.1, 0.15) is 36.0 Å². The van der Waals surface area contributed by atoms with E-state index in [0.29, 0.717) is 6.04 Å². The summed E-state index contributed by atoms with van der Waals surface area (Å²) in [6.45, 7) is 2.89. The van der Waals surface area contributed by atoms with Crippen molar-refractivity contribution < 1.29 is 4.79 Å². The second-order valence-electron chi connectivity index (χ2n) is 5.95. The lowest BCUT2D eigenvalue weighted by Gasteiger charge is -2.26. The smallest absolute Gasteiger partial charge is 0.253 e. The number of nitrogens with one attached hydrogen (secondary N) is 1. The Morgan fingerprint density at radius 3 is 2.55 bits per heavy atom. The standard InChI is InChI=1S/C16H21IN2O/c17-14-7-5-13(6-8-14)16(20)19(10-12-3-4-12)11-15-2-1-9-18-15/h5-8,12,15,18H,1-4,9-11H2. The van der Waals surface area contributed by atoms with Crippen molar-refractivity contribution in [3.05, 3.63) is 33.4 Å². The fourth-order valence-corrected chi connectivity index (χ4v) is 3.17. The summed E-state index contributed by atoms with van der Waals surface area (Å²) in [5.74, 6) is 0.936. The third-order valence-electron chi connectivity index (χ3n) is 4.16. The van der Waals surface area contributed by atoms with Crippen molar-refractivity contribution in [2.45, 2.75) is 31.7 Å². The molecule has 1 N–H and O–H groups in total. The zero-order chi connectivity index (χ0) is 13.9. The molecule has 0 aromatic heterocycles. The highest BCUT2D eigenvalue weighted by atomic mass is 127. The second-order valence-corrected chi connectivity index (χ2v) is 7.20. The van der Waals surface area contributed by atoms with E-state index in [1.807, 2.05) is 24.3 Å². The minimum atomic E-state index is 0.196. The maximum atomic E-state index is 12.7. The van der Waals surface area contributed by atoms with Crippen molar-refractivity contribution in [2.75, 3.05) is 19.6 Å². The molecule has 0 spiro atoms. The number of hydrogen-bond acceptors (Lipinski definition) is 2. The molecule has 1 aliphatic heterocycles. The molecule has 108 valence electrons. The van der Waals surface area contributed by atoms with Crippen molar-refractivity contribution in [2.24, 2.45) is 5.92 Å². The van der Waals surface area contributed by atoms with Gasteiger partial charge in [0.2, 0.25) is 0 Å². The van der Waals surface area contributed by atoms with Crippen LogP contribution in [0.3, 0.4) is 0 Å². The number of rotatable bonds is 5. The van der Waals surface area contributed by atoms with Crippen molar-refractivity contribution in [1.29, 1.82) is 0 Å². The zero-order valence-corrected chi connectivity index (χ0v) is 13.8. The molecule has 1 unspecified atom stereocenters. The molecule has 20 heavy (non-hydrogen) atoms. The van der Waals surface area contributed by atoms with Gasteiger partial charge in [0, 0.05) is 28.3 Å². The van der Waals surface area contributed by atoms with E-state index >= 15 is 0 Å². The lowest BCUT2D eigenvalue weighted by Crippen LogP contribution is -2.42. The summed E-state index contributed by atoms with van der Waals surface area (Å²) in [5, 5.41) is 3.50. The number of nitrogens with zero attached hydrogens (tertiary/aromatic N) is 1. The van der Waals surface area contributed by atoms with Gasteiger partial charge in [-0.2, -0.15) is 0 Å². The molecule has 1 saturated heterocycles. The van der Waals surface area contributed by atoms with Gasteiger partial charge in [-0.25, -0.2) is 0 Å². The molecule has 2 aliphatic rings. The highest BCUT2D eigenvalue weighted by molar-refractivity contribution is 14.1. The number of carbonyl (C=O) groups excluding carboxylic acids is 1. The van der Waals surface area contributed by atoms with Crippen LogP contribution >= 0.6 is 22.6 Å². The normalized spacial score (nSPS) is 21.9. The molecule has 1 aliphatic carbocycles. The summed E-state index contributed by atoms with van der Waals surface area (Å²) in [5.41, 5.74) is 0.823. The Bertz CT molecular complexity index is 464. The number of carbonyl (C=O) groups is 1. The molecule has 1 atom stereocenters. The Morgan fingerprint density at radius 1 is 1.20 bits per heavy atom. The van der Waals surface area contributed by atoms with Crippen molar-refractivity contribution >= 4 is 28.5 Å². The second kappa shape index (κ2) is 6.43. The van der Waals surface area contributed by atoms with Crippen molar-refractivity contribution in [3.63, 3.8) is 0 Å². The molecule has 2 fully saturated rings. The van der Waals surface area contributed by atoms with Crippen LogP contribution in [-0.2, 0) is 0 Å². The summed E-state index contributed by atoms with van der Waals surface area (Å²) in [7, 11) is 0. The van der Waals surface area contributed by atoms with Gasteiger partial charge in [-0.3, -0.25) is 4.79 Å². The van der Waals surface area contributed by atoms with Gasteiger partial charge in [-0.15, -0.1) is 0 Å². The van der Waals surface area contributed by atoms with E-state index in [1.165, 1.54) is 29.3 Å². The van der Waals surface area contributed by atoms with Crippen LogP contribution in [0.15, 0.2) is 24.3 Å². The van der Waals surface area contributed by atoms with Gasteiger partial charge in [0.15, 0.2) is 0 Å². The summed E-state index contributed by atoms with van der Waals surface area (Å²) < 4.78 is 1.17. The molecule has 0 bridgehead atoms. The number of amides is 1. The van der Waals surface area contributed by atoms with Gasteiger partial charge in [0.1, 0.15) is 0 Å². The fourth-order valence-electron chi connectivity index (χ4n) is 2.81. The highest BCUT2D eigenvalue weighted by Gasteiger charge is 2.29. The first-order valence-corrected chi connectivity index (χ1v) is 8.58. The molecular weight excluding hydrogens is 363 g/mol. The first kappa shape index (κ1) is 14.3. The number of hydrogen-bond donors (Lipinski definition) is 1. The highest BCUT2D eigenvalue weighted by Crippen LogP contribution is 2.30. The quantitative estimate of drug-likeness (QED) is 0.792. The Kier molecular flexibility index (Phi) is 4.61. The number of benzene rings is 1. The van der Waals surface area contributed by atoms with E-state index in [4.69, 9.17) is 0 Å². The van der Waals surface area contributed by atoms with E-state index in [2.05, 4.69) is 32.8 Å². The molecule has 1 heterocycles. The van der Waals surface area contributed by atoms with E-state index < -0.39 is 0 Å². The average Bonchev–Trinajstić information content (AvgIpc) is 3.12. The lowest BCUT2D eigenvalue weighted by molar-refractivity contribution is 0.0733. The molecular formula is C16H21IN2O. The van der Waals surface area contributed by atoms with Crippen LogP contribution < -0.4 is 5.32 Å². The molecule has 1 aromatic carbocycles. The molecule has 0 radical (unpaired) electrons. The third kappa shape index (κ3) is 3.73. The first-order valence-electron chi connectivity index (χ1n) is 7.50. The predicted molar refractivity (Wildman–Crippen MR) is 88.8 cm³/mol. The van der Waals surface area contributed by atoms with Crippen LogP contribution in [0.2, 0.25) is 0 Å². The molecule has 3 nitrogen and oxygen atoms in total. The molecule has 4 heteroatoms. The maximum absolute atomic E-state index is 12.7. The summed E-state index contributed by atoms with van der Waals surface area (Å²) >= 11 is 2.27. The van der Waals surface area contributed by atoms with Crippen LogP contribution in [-0.4, -0.2) is 36.5 Å². The van der Waals surface area contributed by atoms with Crippen LogP contribution in [0.25, 0.3) is 0 Å². The van der Waals surface area contributed by atoms with Gasteiger partial charge in [-0.1, -0.05) is 0 Å². The summed E-state index contributed by atoms with van der Waals surface area (Å²) in [4.78, 5) is 14.8. The van der Waals surface area contributed by atoms with Crippen molar-refractivity contribution in [3.8, 4) is 0 Å². The van der Waals surface area contributed by atoms with E-state index in [-0.39, 0.29) is 5.91 Å². The van der Waals surface area contributed by atoms with E-state index in [0.717, 1.165) is 31.1 Å². The monoisotopic (exact) mass is 384 g/mol. The fraction of sp³-hybridized carbons (Fsp3) is 0.562. The SMILES string of the molecule is O=C(c1ccc(I)cc1)N(CC1CC1)CC1CCCN1. The van der Waals surface area contributed by atoms with Crippen LogP contribution in [0.5, 0.6) is 0 Å². The molecule has 3 rings (SSSR count). The molecule has 1 aromatic rings. The number of halogens is 1. The minimum Gasteiger partial charge on any atom is -0.337 e. The zero-order valence-electron chi connectivity index (χ0n) is 11.6. The van der Waals surface area contributed by atoms with Crippen LogP contribution in [0.4, 0.5) is 0 Å². The van der Waals surface area contributed by atoms with Gasteiger partial charge in [0.25, 0.3) is 5.91 Å². The maximum Gasteiger partial charge on any atom is 0.253 e.